The lowest BCUT2D eigenvalue weighted by atomic mass is 10.1. The maximum Gasteiger partial charge on any atom is 0.369 e. The van der Waals surface area contributed by atoms with Gasteiger partial charge in [0.05, 0.1) is 26.4 Å². The van der Waals surface area contributed by atoms with Crippen molar-refractivity contribution in [2.24, 2.45) is 0 Å². The fourth-order valence-electron chi connectivity index (χ4n) is 2.30. The van der Waals surface area contributed by atoms with Gasteiger partial charge in [-0.1, -0.05) is 57.5 Å². The van der Waals surface area contributed by atoms with Crippen molar-refractivity contribution in [2.45, 2.75) is 60.3 Å². The zero-order chi connectivity index (χ0) is 21.8. The molecule has 0 atom stereocenters. The maximum atomic E-state index is 13.8. The van der Waals surface area contributed by atoms with Crippen molar-refractivity contribution < 1.29 is 27.2 Å². The van der Waals surface area contributed by atoms with Crippen molar-refractivity contribution in [3.05, 3.63) is 40.4 Å². The van der Waals surface area contributed by atoms with E-state index in [4.69, 9.17) is 18.1 Å². The quantitative estimate of drug-likeness (QED) is 0.262. The summed E-state index contributed by atoms with van der Waals surface area (Å²) in [5.74, 6) is 0. The van der Waals surface area contributed by atoms with Gasteiger partial charge in [0.1, 0.15) is 0 Å². The largest absolute Gasteiger partial charge is 0.369 e. The van der Waals surface area contributed by atoms with Crippen LogP contribution in [0.25, 0.3) is 6.08 Å². The van der Waals surface area contributed by atoms with Gasteiger partial charge in [-0.25, -0.2) is 0 Å². The van der Waals surface area contributed by atoms with E-state index in [-0.39, 0.29) is 31.5 Å². The van der Waals surface area contributed by atoms with Gasteiger partial charge in [-0.3, -0.25) is 9.13 Å². The molecule has 0 aliphatic heterocycles. The van der Waals surface area contributed by atoms with E-state index in [0.29, 0.717) is 25.7 Å². The Balaban J connectivity index is 3.56. The zero-order valence-electron chi connectivity index (χ0n) is 18.4. The minimum atomic E-state index is -3.89. The summed E-state index contributed by atoms with van der Waals surface area (Å²) in [7, 11) is -7.79. The molecule has 8 heteroatoms. The minimum absolute atomic E-state index is 0.0300. The molecule has 1 rings (SSSR count). The molecule has 0 unspecified atom stereocenters. The van der Waals surface area contributed by atoms with Gasteiger partial charge in [-0.15, -0.1) is 0 Å². The Bertz CT molecular complexity index is 654. The highest BCUT2D eigenvalue weighted by Crippen LogP contribution is 2.74. The summed E-state index contributed by atoms with van der Waals surface area (Å²) in [6.45, 7) is 10.5. The van der Waals surface area contributed by atoms with Crippen molar-refractivity contribution in [1.29, 1.82) is 0 Å². The topological polar surface area (TPSA) is 71.1 Å². The average molecular weight is 446 g/mol. The third-order valence-electron chi connectivity index (χ3n) is 3.80. The fourth-order valence-corrected chi connectivity index (χ4v) is 7.18. The van der Waals surface area contributed by atoms with E-state index < -0.39 is 15.2 Å². The molecule has 1 aromatic rings. The normalized spacial score (nSPS) is 12.2. The molecule has 1 aromatic carbocycles. The van der Waals surface area contributed by atoms with Gasteiger partial charge in [0.15, 0.2) is 5.06 Å². The van der Waals surface area contributed by atoms with Crippen molar-refractivity contribution in [2.75, 3.05) is 26.4 Å². The first-order valence-corrected chi connectivity index (χ1v) is 13.5. The first-order valence-electron chi connectivity index (χ1n) is 10.4. The third kappa shape index (κ3) is 8.49. The van der Waals surface area contributed by atoms with Gasteiger partial charge in [0, 0.05) is 0 Å². The van der Waals surface area contributed by atoms with Crippen LogP contribution in [0.15, 0.2) is 29.3 Å². The summed E-state index contributed by atoms with van der Waals surface area (Å²) in [6, 6.07) is 7.59. The van der Waals surface area contributed by atoms with Crippen LogP contribution in [-0.2, 0) is 27.2 Å². The summed E-state index contributed by atoms with van der Waals surface area (Å²) in [5, 5.41) is -0.0300. The predicted molar refractivity (Wildman–Crippen MR) is 119 cm³/mol. The van der Waals surface area contributed by atoms with Crippen molar-refractivity contribution in [1.82, 2.24) is 0 Å². The first-order chi connectivity index (χ1) is 13.8. The van der Waals surface area contributed by atoms with Crippen LogP contribution < -0.4 is 0 Å². The van der Waals surface area contributed by atoms with Crippen LogP contribution in [0.1, 0.15) is 64.5 Å². The van der Waals surface area contributed by atoms with Crippen LogP contribution in [0.3, 0.4) is 0 Å². The molecular weight excluding hydrogens is 410 g/mol. The van der Waals surface area contributed by atoms with Gasteiger partial charge < -0.3 is 18.1 Å². The van der Waals surface area contributed by atoms with Gasteiger partial charge in [0.2, 0.25) is 0 Å². The lowest BCUT2D eigenvalue weighted by Gasteiger charge is -2.26. The molecule has 166 valence electrons. The summed E-state index contributed by atoms with van der Waals surface area (Å²) >= 11 is 0. The van der Waals surface area contributed by atoms with E-state index >= 15 is 0 Å². The van der Waals surface area contributed by atoms with Gasteiger partial charge in [-0.05, 0) is 44.2 Å². The van der Waals surface area contributed by atoms with E-state index in [1.807, 2.05) is 58.9 Å². The standard InChI is InChI=1S/C21H36O6P2/c1-6-14-24-28(22,25-15-7-2)21(18-20-12-10-19(5)11-13-20)29(23,26-16-8-3)27-17-9-4/h10-13,18H,6-9,14-17H2,1-5H3. The maximum absolute atomic E-state index is 13.8. The molecule has 6 nitrogen and oxygen atoms in total. The Hall–Kier alpha value is -0.740. The van der Waals surface area contributed by atoms with Crippen LogP contribution in [0.4, 0.5) is 0 Å². The molecule has 0 heterocycles. The van der Waals surface area contributed by atoms with E-state index in [2.05, 4.69) is 0 Å². The van der Waals surface area contributed by atoms with Crippen LogP contribution in [0, 0.1) is 6.92 Å². The number of hydrogen-bond donors (Lipinski definition) is 0. The van der Waals surface area contributed by atoms with Crippen LogP contribution in [0.5, 0.6) is 0 Å². The average Bonchev–Trinajstić information content (AvgIpc) is 2.73. The Labute approximate surface area is 176 Å². The highest BCUT2D eigenvalue weighted by Gasteiger charge is 2.45. The van der Waals surface area contributed by atoms with Crippen molar-refractivity contribution >= 4 is 21.3 Å². The summed E-state index contributed by atoms with van der Waals surface area (Å²) in [6.07, 6.45) is 4.17. The lowest BCUT2D eigenvalue weighted by molar-refractivity contribution is 0.199. The first kappa shape index (κ1) is 26.3. The second-order valence-electron chi connectivity index (χ2n) is 6.74. The molecule has 0 saturated carbocycles. The number of benzene rings is 1. The Morgan fingerprint density at radius 3 is 1.38 bits per heavy atom. The monoisotopic (exact) mass is 446 g/mol. The molecule has 0 radical (unpaired) electrons. The van der Waals surface area contributed by atoms with E-state index in [9.17, 15) is 9.13 Å². The number of rotatable bonds is 15. The third-order valence-corrected chi connectivity index (χ3v) is 8.74. The van der Waals surface area contributed by atoms with Crippen LogP contribution >= 0.6 is 15.2 Å². The van der Waals surface area contributed by atoms with E-state index in [1.54, 1.807) is 6.08 Å². The minimum Gasteiger partial charge on any atom is -0.305 e. The molecule has 0 aliphatic carbocycles. The summed E-state index contributed by atoms with van der Waals surface area (Å²) in [5.41, 5.74) is 1.82. The molecule has 0 bridgehead atoms. The SMILES string of the molecule is CCCOP(=O)(OCCC)C(=Cc1ccc(C)cc1)P(=O)(OCCC)OCCC. The van der Waals surface area contributed by atoms with E-state index in [1.165, 1.54) is 0 Å². The molecule has 0 N–H and O–H groups in total. The Morgan fingerprint density at radius 2 is 1.07 bits per heavy atom. The molecule has 0 amide bonds. The highest BCUT2D eigenvalue weighted by molar-refractivity contribution is 7.79. The van der Waals surface area contributed by atoms with E-state index in [0.717, 1.165) is 11.1 Å². The molecule has 0 fully saturated rings. The number of hydrogen-bond acceptors (Lipinski definition) is 6. The molecular formula is C21H36O6P2. The molecule has 0 spiro atoms. The van der Waals surface area contributed by atoms with Crippen molar-refractivity contribution in [3.8, 4) is 0 Å². The molecule has 0 saturated heterocycles. The second kappa shape index (κ2) is 13.5. The van der Waals surface area contributed by atoms with Gasteiger partial charge >= 0.3 is 15.2 Å². The predicted octanol–water partition coefficient (Wildman–Crippen LogP) is 7.39. The summed E-state index contributed by atoms with van der Waals surface area (Å²) < 4.78 is 50.4. The zero-order valence-corrected chi connectivity index (χ0v) is 20.2. The highest BCUT2D eigenvalue weighted by atomic mass is 31.2. The Kier molecular flexibility index (Phi) is 12.3. The molecule has 0 aliphatic rings. The molecule has 29 heavy (non-hydrogen) atoms. The van der Waals surface area contributed by atoms with Gasteiger partial charge in [0.25, 0.3) is 0 Å². The smallest absolute Gasteiger partial charge is 0.305 e. The van der Waals surface area contributed by atoms with Crippen molar-refractivity contribution in [3.63, 3.8) is 0 Å². The number of aryl methyl sites for hydroxylation is 1. The summed E-state index contributed by atoms with van der Waals surface area (Å²) in [4.78, 5) is 0. The second-order valence-corrected chi connectivity index (χ2v) is 11.1. The Morgan fingerprint density at radius 1 is 0.724 bits per heavy atom. The molecule has 0 aromatic heterocycles. The fraction of sp³-hybridized carbons (Fsp3) is 0.619. The van der Waals surface area contributed by atoms with Crippen LogP contribution in [0.2, 0.25) is 0 Å². The van der Waals surface area contributed by atoms with Crippen LogP contribution in [-0.4, -0.2) is 26.4 Å². The lowest BCUT2D eigenvalue weighted by Crippen LogP contribution is -2.07. The van der Waals surface area contributed by atoms with Gasteiger partial charge in [-0.2, -0.15) is 0 Å².